The van der Waals surface area contributed by atoms with Gasteiger partial charge in [0.1, 0.15) is 0 Å². The molecular formula is C113H78N4. The smallest absolute Gasteiger partial charge is 0.0542 e. The van der Waals surface area contributed by atoms with Crippen molar-refractivity contribution in [3.8, 4) is 67.0 Å². The van der Waals surface area contributed by atoms with E-state index in [2.05, 4.69) is 470 Å². The van der Waals surface area contributed by atoms with Crippen LogP contribution in [0.15, 0.2) is 437 Å². The first-order valence-corrected chi connectivity index (χ1v) is 40.5. The minimum absolute atomic E-state index is 0.0738. The third-order valence-electron chi connectivity index (χ3n) is 24.5. The van der Waals surface area contributed by atoms with Crippen LogP contribution in [0.3, 0.4) is 0 Å². The molecule has 0 saturated carbocycles. The molecule has 0 unspecified atom stereocenters. The quantitative estimate of drug-likeness (QED) is 0.113. The van der Waals surface area contributed by atoms with Crippen LogP contribution in [-0.4, -0.2) is 9.13 Å². The molecule has 0 amide bonds. The SMILES string of the molecule is CC1(C)c2ccccc2-c2ccc(-c3c4ccccc4c(-c4ccc(N(c5ccccc5)c5ccc6c(c5)c5ccccc5n6-c5ccccc5)cc4)c4ccccc34)cc21.c1ccc(N(c2ccc(-c3c4ccccc4c(-c4ccc5ccccc5c4)c4ccccc34)cc2)c2ccc3c(c2)c2ccccc2n3-c2ccccc2)cc1. The van der Waals surface area contributed by atoms with Crippen LogP contribution < -0.4 is 9.80 Å². The Bertz CT molecular complexity index is 7510. The topological polar surface area (TPSA) is 16.3 Å². The molecule has 0 atom stereocenters. The predicted octanol–water partition coefficient (Wildman–Crippen LogP) is 31.2. The Balaban J connectivity index is 0.000000142. The van der Waals surface area contributed by atoms with E-state index in [1.165, 1.54) is 164 Å². The number of hydrogen-bond donors (Lipinski definition) is 0. The zero-order chi connectivity index (χ0) is 77.7. The fraction of sp³-hybridized carbons (Fsp3) is 0.0265. The summed E-state index contributed by atoms with van der Waals surface area (Å²) >= 11 is 0. The number of anilines is 6. The second-order valence-corrected chi connectivity index (χ2v) is 31.4. The van der Waals surface area contributed by atoms with Crippen LogP contribution in [0.4, 0.5) is 34.1 Å². The summed E-state index contributed by atoms with van der Waals surface area (Å²) < 4.78 is 4.75. The lowest BCUT2D eigenvalue weighted by Crippen LogP contribution is -2.14. The first-order chi connectivity index (χ1) is 57.8. The van der Waals surface area contributed by atoms with Crippen LogP contribution in [0, 0.1) is 0 Å². The van der Waals surface area contributed by atoms with Gasteiger partial charge >= 0.3 is 0 Å². The van der Waals surface area contributed by atoms with E-state index in [0.717, 1.165) is 45.5 Å². The van der Waals surface area contributed by atoms with E-state index in [-0.39, 0.29) is 5.41 Å². The molecule has 550 valence electrons. The second kappa shape index (κ2) is 28.2. The minimum atomic E-state index is -0.0738. The molecule has 1 aliphatic rings. The van der Waals surface area contributed by atoms with Crippen LogP contribution >= 0.6 is 0 Å². The van der Waals surface area contributed by atoms with Gasteiger partial charge in [-0.1, -0.05) is 317 Å². The zero-order valence-electron chi connectivity index (χ0n) is 64.9. The Morgan fingerprint density at radius 3 is 0.923 bits per heavy atom. The molecule has 4 nitrogen and oxygen atoms in total. The van der Waals surface area contributed by atoms with Gasteiger partial charge in [-0.3, -0.25) is 0 Å². The number of nitrogens with zero attached hydrogens (tertiary/aromatic N) is 4. The highest BCUT2D eigenvalue weighted by atomic mass is 15.1. The molecule has 0 saturated heterocycles. The molecule has 0 N–H and O–H groups in total. The van der Waals surface area contributed by atoms with Gasteiger partial charge in [0.05, 0.1) is 22.1 Å². The van der Waals surface area contributed by atoms with E-state index in [0.29, 0.717) is 0 Å². The van der Waals surface area contributed by atoms with Crippen molar-refractivity contribution in [2.75, 3.05) is 9.80 Å². The lowest BCUT2D eigenvalue weighted by molar-refractivity contribution is 0.660. The number of fused-ring (bicyclic) bond motifs is 14. The summed E-state index contributed by atoms with van der Waals surface area (Å²) in [6.07, 6.45) is 0. The largest absolute Gasteiger partial charge is 0.310 e. The van der Waals surface area contributed by atoms with Crippen molar-refractivity contribution in [1.29, 1.82) is 0 Å². The van der Waals surface area contributed by atoms with E-state index >= 15 is 0 Å². The second-order valence-electron chi connectivity index (χ2n) is 31.4. The number of benzene rings is 20. The first kappa shape index (κ1) is 68.7. The van der Waals surface area contributed by atoms with Crippen molar-refractivity contribution in [3.05, 3.63) is 448 Å². The standard InChI is InChI=1S/C59H42N2.C54H36N2/c1-59(2)53-27-15-13-21-45(53)46-35-31-40(37-54(46)59)58-50-25-11-9-23-48(50)57(49-24-10-12-26-51(49)58)39-29-32-43(33-30-39)60(41-17-5-3-6-18-41)44-34-36-56-52(38-44)47-22-14-16-28-55(47)61(56)42-19-7-4-8-20-42;1-3-17-41(18-4-1)55(44-33-34-52-50(36-44)45-21-13-14-26-51(45)56(52)42-19-5-2-6-20-42)43-31-29-38(30-32-43)53-46-22-9-11-24-48(46)54(49-25-12-10-23-47(49)53)40-28-27-37-15-7-8-16-39(37)35-40/h3-38H,1-2H3;1-36H. The summed E-state index contributed by atoms with van der Waals surface area (Å²) in [5, 5.41) is 17.5. The van der Waals surface area contributed by atoms with E-state index in [1.807, 2.05) is 0 Å². The highest BCUT2D eigenvalue weighted by molar-refractivity contribution is 6.24. The Hall–Kier alpha value is -15.1. The van der Waals surface area contributed by atoms with Crippen molar-refractivity contribution in [2.24, 2.45) is 0 Å². The zero-order valence-corrected chi connectivity index (χ0v) is 64.9. The molecule has 2 heterocycles. The summed E-state index contributed by atoms with van der Waals surface area (Å²) in [5.41, 5.74) is 29.2. The molecule has 1 aliphatic carbocycles. The molecule has 0 radical (unpaired) electrons. The number of hydrogen-bond acceptors (Lipinski definition) is 2. The Morgan fingerprint density at radius 2 is 0.487 bits per heavy atom. The molecule has 0 bridgehead atoms. The molecule has 0 spiro atoms. The van der Waals surface area contributed by atoms with Gasteiger partial charge in [0.2, 0.25) is 0 Å². The van der Waals surface area contributed by atoms with Crippen LogP contribution in [0.5, 0.6) is 0 Å². The van der Waals surface area contributed by atoms with Gasteiger partial charge in [0.25, 0.3) is 0 Å². The molecule has 117 heavy (non-hydrogen) atoms. The van der Waals surface area contributed by atoms with Gasteiger partial charge in [-0.15, -0.1) is 0 Å². The van der Waals surface area contributed by atoms with Crippen LogP contribution in [0.1, 0.15) is 25.0 Å². The summed E-state index contributed by atoms with van der Waals surface area (Å²) in [6.45, 7) is 4.73. The number of para-hydroxylation sites is 6. The average molecular weight is 1490 g/mol. The van der Waals surface area contributed by atoms with Gasteiger partial charge in [0.15, 0.2) is 0 Å². The van der Waals surface area contributed by atoms with Crippen molar-refractivity contribution in [1.82, 2.24) is 9.13 Å². The van der Waals surface area contributed by atoms with E-state index < -0.39 is 0 Å². The van der Waals surface area contributed by atoms with E-state index in [1.54, 1.807) is 0 Å². The molecule has 0 aliphatic heterocycles. The van der Waals surface area contributed by atoms with Gasteiger partial charge < -0.3 is 18.9 Å². The fourth-order valence-corrected chi connectivity index (χ4v) is 19.2. The highest BCUT2D eigenvalue weighted by Gasteiger charge is 2.36. The summed E-state index contributed by atoms with van der Waals surface area (Å²) in [6, 6.07) is 160. The monoisotopic (exact) mass is 1490 g/mol. The van der Waals surface area contributed by atoms with Crippen molar-refractivity contribution >= 4 is 132 Å². The lowest BCUT2D eigenvalue weighted by atomic mass is 9.80. The predicted molar refractivity (Wildman–Crippen MR) is 498 cm³/mol. The first-order valence-electron chi connectivity index (χ1n) is 40.5. The molecule has 22 aromatic rings. The van der Waals surface area contributed by atoms with Crippen molar-refractivity contribution in [3.63, 3.8) is 0 Å². The average Bonchev–Trinajstić information content (AvgIpc) is 1.71. The molecule has 0 fully saturated rings. The van der Waals surface area contributed by atoms with Gasteiger partial charge in [-0.05, 0) is 254 Å². The fourth-order valence-electron chi connectivity index (χ4n) is 19.2. The minimum Gasteiger partial charge on any atom is -0.310 e. The number of rotatable bonds is 12. The summed E-state index contributed by atoms with van der Waals surface area (Å²) in [4.78, 5) is 4.75. The van der Waals surface area contributed by atoms with E-state index in [9.17, 15) is 0 Å². The van der Waals surface area contributed by atoms with Gasteiger partial charge in [-0.25, -0.2) is 0 Å². The maximum Gasteiger partial charge on any atom is 0.0542 e. The maximum absolute atomic E-state index is 2.47. The molecule has 20 aromatic carbocycles. The molecule has 23 rings (SSSR count). The Labute approximate surface area is 680 Å². The Kier molecular flexibility index (Phi) is 16.6. The Morgan fingerprint density at radius 1 is 0.188 bits per heavy atom. The summed E-state index contributed by atoms with van der Waals surface area (Å²) in [5.74, 6) is 0. The third-order valence-corrected chi connectivity index (χ3v) is 24.5. The van der Waals surface area contributed by atoms with E-state index in [4.69, 9.17) is 0 Å². The highest BCUT2D eigenvalue weighted by Crippen LogP contribution is 2.53. The van der Waals surface area contributed by atoms with Crippen molar-refractivity contribution in [2.45, 2.75) is 19.3 Å². The summed E-state index contributed by atoms with van der Waals surface area (Å²) in [7, 11) is 0. The van der Waals surface area contributed by atoms with Crippen molar-refractivity contribution < 1.29 is 0 Å². The molecule has 2 aromatic heterocycles. The number of aromatic nitrogens is 2. The van der Waals surface area contributed by atoms with Crippen LogP contribution in [-0.2, 0) is 5.41 Å². The van der Waals surface area contributed by atoms with Crippen LogP contribution in [0.2, 0.25) is 0 Å². The van der Waals surface area contributed by atoms with Gasteiger partial charge in [-0.2, -0.15) is 0 Å². The molecular weight excluding hydrogens is 1410 g/mol. The maximum atomic E-state index is 2.47. The van der Waals surface area contributed by atoms with Crippen LogP contribution in [0.25, 0.3) is 164 Å². The normalized spacial score (nSPS) is 12.3. The third kappa shape index (κ3) is 11.5. The van der Waals surface area contributed by atoms with Gasteiger partial charge in [0, 0.05) is 72.5 Å². The lowest BCUT2D eigenvalue weighted by Gasteiger charge is -2.26. The molecule has 4 heteroatoms.